The van der Waals surface area contributed by atoms with Crippen molar-refractivity contribution in [1.29, 1.82) is 0 Å². The van der Waals surface area contributed by atoms with Crippen LogP contribution in [0.15, 0.2) is 70.9 Å². The van der Waals surface area contributed by atoms with Gasteiger partial charge in [-0.15, -0.1) is 5.11 Å². The van der Waals surface area contributed by atoms with Gasteiger partial charge in [-0.2, -0.15) is 5.11 Å². The minimum Gasteiger partial charge on any atom is -0.505 e. The number of carbonyl (C=O) groups is 1. The zero-order valence-electron chi connectivity index (χ0n) is 11.4. The molecule has 0 bridgehead atoms. The summed E-state index contributed by atoms with van der Waals surface area (Å²) in [4.78, 5) is 11.5. The first kappa shape index (κ1) is 14.2. The van der Waals surface area contributed by atoms with Crippen molar-refractivity contribution < 1.29 is 9.90 Å². The van der Waals surface area contributed by atoms with Crippen LogP contribution in [-0.2, 0) is 0 Å². The van der Waals surface area contributed by atoms with Gasteiger partial charge >= 0.3 is 0 Å². The average molecular weight is 311 g/mol. The van der Waals surface area contributed by atoms with Crippen LogP contribution in [0.1, 0.15) is 10.4 Å². The molecule has 0 aromatic heterocycles. The summed E-state index contributed by atoms with van der Waals surface area (Å²) in [7, 11) is 0. The Morgan fingerprint density at radius 2 is 1.64 bits per heavy atom. The maximum Gasteiger partial charge on any atom is 0.256 e. The van der Waals surface area contributed by atoms with E-state index in [1.54, 1.807) is 24.3 Å². The minimum absolute atomic E-state index is 0.0161. The summed E-state index contributed by atoms with van der Waals surface area (Å²) in [5.41, 5.74) is 0.891. The molecule has 0 fully saturated rings. The molecule has 1 N–H and O–H groups in total. The topological polar surface area (TPSA) is 62.0 Å². The zero-order valence-corrected chi connectivity index (χ0v) is 12.2. The summed E-state index contributed by atoms with van der Waals surface area (Å²) in [6, 6.07) is 18.0. The molecule has 22 heavy (non-hydrogen) atoms. The fourth-order valence-electron chi connectivity index (χ4n) is 2.17. The fraction of sp³-hybridized carbons (Fsp3) is 0. The summed E-state index contributed by atoms with van der Waals surface area (Å²) in [6.07, 6.45) is 0. The lowest BCUT2D eigenvalue weighted by molar-refractivity contribution is 0.107. The van der Waals surface area contributed by atoms with Gasteiger partial charge in [-0.1, -0.05) is 42.5 Å². The number of fused-ring (bicyclic) bond motifs is 1. The highest BCUT2D eigenvalue weighted by atomic mass is 35.5. The van der Waals surface area contributed by atoms with E-state index in [9.17, 15) is 9.90 Å². The van der Waals surface area contributed by atoms with Gasteiger partial charge in [-0.3, -0.25) is 4.79 Å². The Bertz CT molecular complexity index is 876. The molecule has 0 aliphatic rings. The van der Waals surface area contributed by atoms with Crippen molar-refractivity contribution in [2.75, 3.05) is 0 Å². The number of nitrogens with zero attached hydrogens (tertiary/aromatic N) is 2. The van der Waals surface area contributed by atoms with Crippen molar-refractivity contribution in [1.82, 2.24) is 0 Å². The minimum atomic E-state index is -0.737. The first-order valence-electron chi connectivity index (χ1n) is 6.58. The molecule has 0 spiro atoms. The second-order valence-corrected chi connectivity index (χ2v) is 5.00. The molecule has 0 saturated carbocycles. The molecule has 4 nitrogen and oxygen atoms in total. The van der Waals surface area contributed by atoms with E-state index >= 15 is 0 Å². The van der Waals surface area contributed by atoms with Gasteiger partial charge in [-0.25, -0.2) is 0 Å². The smallest absolute Gasteiger partial charge is 0.256 e. The summed E-state index contributed by atoms with van der Waals surface area (Å²) in [5.74, 6) is -0.265. The van der Waals surface area contributed by atoms with Crippen LogP contribution in [0.3, 0.4) is 0 Å². The quantitative estimate of drug-likeness (QED) is 0.524. The number of rotatable bonds is 3. The third kappa shape index (κ3) is 2.69. The van der Waals surface area contributed by atoms with E-state index in [-0.39, 0.29) is 17.0 Å². The summed E-state index contributed by atoms with van der Waals surface area (Å²) >= 11 is 5.53. The molecule has 0 saturated heterocycles. The number of phenols is 1. The van der Waals surface area contributed by atoms with Crippen LogP contribution in [0.5, 0.6) is 5.75 Å². The molecule has 3 aromatic rings. The second kappa shape index (κ2) is 5.95. The summed E-state index contributed by atoms with van der Waals surface area (Å²) in [6.45, 7) is 0. The van der Waals surface area contributed by atoms with E-state index in [2.05, 4.69) is 10.2 Å². The number of hydrogen-bond donors (Lipinski definition) is 1. The predicted molar refractivity (Wildman–Crippen MR) is 86.4 cm³/mol. The number of phenolic OH excluding ortho intramolecular Hbond substituents is 1. The average Bonchev–Trinajstić information content (AvgIpc) is 2.54. The lowest BCUT2D eigenvalue weighted by Gasteiger charge is -2.07. The van der Waals surface area contributed by atoms with Crippen LogP contribution in [0.2, 0.25) is 0 Å². The third-order valence-corrected chi connectivity index (χ3v) is 3.43. The Balaban J connectivity index is 2.20. The number of carbonyl (C=O) groups excluding carboxylic acids is 1. The van der Waals surface area contributed by atoms with E-state index in [4.69, 9.17) is 11.6 Å². The highest BCUT2D eigenvalue weighted by Gasteiger charge is 2.16. The first-order valence-corrected chi connectivity index (χ1v) is 6.96. The number of halogens is 1. The molecular formula is C17H11ClN2O2. The van der Waals surface area contributed by atoms with Crippen molar-refractivity contribution in [3.8, 4) is 5.75 Å². The van der Waals surface area contributed by atoms with Crippen LogP contribution in [0.4, 0.5) is 11.4 Å². The third-order valence-electron chi connectivity index (χ3n) is 3.23. The van der Waals surface area contributed by atoms with Gasteiger partial charge in [0.1, 0.15) is 5.69 Å². The Labute approximate surface area is 131 Å². The number of hydrogen-bond acceptors (Lipinski definition) is 4. The highest BCUT2D eigenvalue weighted by Crippen LogP contribution is 2.39. The molecule has 0 aliphatic heterocycles. The molecule has 0 radical (unpaired) electrons. The lowest BCUT2D eigenvalue weighted by Crippen LogP contribution is -1.90. The molecule has 3 rings (SSSR count). The second-order valence-electron chi connectivity index (χ2n) is 4.65. The summed E-state index contributed by atoms with van der Waals surface area (Å²) < 4.78 is 0. The number of azo groups is 1. The molecule has 0 aliphatic carbocycles. The maximum absolute atomic E-state index is 11.5. The summed E-state index contributed by atoms with van der Waals surface area (Å²) in [5, 5.41) is 19.2. The maximum atomic E-state index is 11.5. The van der Waals surface area contributed by atoms with Crippen LogP contribution in [0.25, 0.3) is 10.8 Å². The molecule has 0 amide bonds. The predicted octanol–water partition coefficient (Wildman–Crippen LogP) is 5.34. The fourth-order valence-corrected chi connectivity index (χ4v) is 2.32. The molecule has 3 aromatic carbocycles. The van der Waals surface area contributed by atoms with Gasteiger partial charge in [0.15, 0.2) is 5.75 Å². The number of benzene rings is 3. The Morgan fingerprint density at radius 1 is 0.955 bits per heavy atom. The van der Waals surface area contributed by atoms with Crippen LogP contribution < -0.4 is 0 Å². The molecule has 5 heteroatoms. The van der Waals surface area contributed by atoms with Gasteiger partial charge in [0.05, 0.1) is 11.3 Å². The van der Waals surface area contributed by atoms with Gasteiger partial charge in [0, 0.05) is 5.39 Å². The standard InChI is InChI=1S/C17H11ClN2O2/c18-17(22)14-10-11-6-4-5-9-13(11)15(16(14)21)20-19-12-7-2-1-3-8-12/h1-10,21H. The lowest BCUT2D eigenvalue weighted by atomic mass is 10.0. The van der Waals surface area contributed by atoms with Crippen molar-refractivity contribution in [3.63, 3.8) is 0 Å². The van der Waals surface area contributed by atoms with E-state index in [1.807, 2.05) is 36.4 Å². The van der Waals surface area contributed by atoms with Crippen LogP contribution in [-0.4, -0.2) is 10.3 Å². The Kier molecular flexibility index (Phi) is 3.85. The largest absolute Gasteiger partial charge is 0.505 e. The molecule has 0 atom stereocenters. The van der Waals surface area contributed by atoms with Crippen molar-refractivity contribution in [2.24, 2.45) is 10.2 Å². The van der Waals surface area contributed by atoms with E-state index in [0.29, 0.717) is 11.1 Å². The van der Waals surface area contributed by atoms with Gasteiger partial charge in [-0.05, 0) is 35.2 Å². The molecule has 108 valence electrons. The van der Waals surface area contributed by atoms with Crippen molar-refractivity contribution in [2.45, 2.75) is 0 Å². The van der Waals surface area contributed by atoms with Crippen LogP contribution in [0, 0.1) is 0 Å². The Hall–Kier alpha value is -2.72. The monoisotopic (exact) mass is 310 g/mol. The van der Waals surface area contributed by atoms with Crippen molar-refractivity contribution in [3.05, 3.63) is 66.2 Å². The van der Waals surface area contributed by atoms with E-state index < -0.39 is 5.24 Å². The first-order chi connectivity index (χ1) is 10.7. The highest BCUT2D eigenvalue weighted by molar-refractivity contribution is 6.68. The van der Waals surface area contributed by atoms with E-state index in [1.165, 1.54) is 0 Å². The van der Waals surface area contributed by atoms with Gasteiger partial charge < -0.3 is 5.11 Å². The SMILES string of the molecule is O=C(Cl)c1cc2ccccc2c(N=Nc2ccccc2)c1O. The molecule has 0 unspecified atom stereocenters. The zero-order chi connectivity index (χ0) is 15.5. The number of aromatic hydroxyl groups is 1. The molecular weight excluding hydrogens is 300 g/mol. The van der Waals surface area contributed by atoms with Gasteiger partial charge in [0.25, 0.3) is 5.24 Å². The van der Waals surface area contributed by atoms with Crippen LogP contribution >= 0.6 is 11.6 Å². The molecule has 0 heterocycles. The van der Waals surface area contributed by atoms with Gasteiger partial charge in [0.2, 0.25) is 0 Å². The van der Waals surface area contributed by atoms with Crippen molar-refractivity contribution >= 4 is 39.0 Å². The van der Waals surface area contributed by atoms with E-state index in [0.717, 1.165) is 5.39 Å². The Morgan fingerprint density at radius 3 is 2.36 bits per heavy atom. The normalized spacial score (nSPS) is 11.1.